The van der Waals surface area contributed by atoms with Crippen LogP contribution in [-0.4, -0.2) is 27.3 Å². The number of aliphatic hydroxyl groups is 1. The molecule has 0 aromatic carbocycles. The van der Waals surface area contributed by atoms with Crippen molar-refractivity contribution in [3.05, 3.63) is 18.0 Å². The van der Waals surface area contributed by atoms with Crippen molar-refractivity contribution in [2.75, 3.05) is 6.54 Å². The van der Waals surface area contributed by atoms with Crippen molar-refractivity contribution < 1.29 is 9.90 Å². The van der Waals surface area contributed by atoms with E-state index in [0.717, 1.165) is 31.2 Å². The molecule has 2 rings (SSSR count). The number of aryl methyl sites for hydroxylation is 1. The second-order valence-electron chi connectivity index (χ2n) is 5.38. The smallest absolute Gasteiger partial charge is 0.223 e. The van der Waals surface area contributed by atoms with Gasteiger partial charge in [-0.1, -0.05) is 12.8 Å². The summed E-state index contributed by atoms with van der Waals surface area (Å²) in [5, 5.41) is 17.2. The minimum atomic E-state index is -1.07. The van der Waals surface area contributed by atoms with Crippen LogP contribution < -0.4 is 5.32 Å². The quantitative estimate of drug-likeness (QED) is 0.836. The number of rotatable bonds is 4. The molecule has 5 nitrogen and oxygen atoms in total. The Morgan fingerprint density at radius 2 is 2.28 bits per heavy atom. The van der Waals surface area contributed by atoms with Gasteiger partial charge in [-0.3, -0.25) is 9.48 Å². The number of nitrogens with zero attached hydrogens (tertiary/aromatic N) is 2. The summed E-state index contributed by atoms with van der Waals surface area (Å²) < 4.78 is 1.64. The van der Waals surface area contributed by atoms with Crippen LogP contribution in [-0.2, 0) is 17.4 Å². The predicted octanol–water partition coefficient (Wildman–Crippen LogP) is 0.934. The van der Waals surface area contributed by atoms with Gasteiger partial charge in [-0.05, 0) is 19.8 Å². The van der Waals surface area contributed by atoms with Gasteiger partial charge in [0.2, 0.25) is 5.91 Å². The van der Waals surface area contributed by atoms with Gasteiger partial charge in [-0.2, -0.15) is 5.10 Å². The van der Waals surface area contributed by atoms with Crippen molar-refractivity contribution in [3.8, 4) is 0 Å². The lowest BCUT2D eigenvalue weighted by atomic mass is 9.99. The van der Waals surface area contributed by atoms with Crippen LogP contribution >= 0.6 is 0 Å². The summed E-state index contributed by atoms with van der Waals surface area (Å²) in [5.74, 6) is 0.200. The van der Waals surface area contributed by atoms with E-state index in [0.29, 0.717) is 0 Å². The third-order valence-corrected chi connectivity index (χ3v) is 3.66. The number of hydrogen-bond acceptors (Lipinski definition) is 3. The second kappa shape index (κ2) is 5.10. The second-order valence-corrected chi connectivity index (χ2v) is 5.38. The lowest BCUT2D eigenvalue weighted by molar-refractivity contribution is -0.126. The molecule has 1 fully saturated rings. The molecule has 2 N–H and O–H groups in total. The van der Waals surface area contributed by atoms with Crippen LogP contribution in [0.1, 0.15) is 38.2 Å². The molecule has 100 valence electrons. The fraction of sp³-hybridized carbons (Fsp3) is 0.692. The highest BCUT2D eigenvalue weighted by atomic mass is 16.3. The van der Waals surface area contributed by atoms with E-state index in [-0.39, 0.29) is 18.4 Å². The van der Waals surface area contributed by atoms with Crippen molar-refractivity contribution in [3.63, 3.8) is 0 Å². The Balaban J connectivity index is 1.90. The first-order valence-corrected chi connectivity index (χ1v) is 6.48. The monoisotopic (exact) mass is 251 g/mol. The van der Waals surface area contributed by atoms with Crippen LogP contribution in [0.3, 0.4) is 0 Å². The van der Waals surface area contributed by atoms with Crippen molar-refractivity contribution in [1.82, 2.24) is 15.1 Å². The Morgan fingerprint density at radius 1 is 1.61 bits per heavy atom. The Labute approximate surface area is 107 Å². The molecule has 1 amide bonds. The van der Waals surface area contributed by atoms with Gasteiger partial charge in [0.25, 0.3) is 0 Å². The molecule has 1 aliphatic carbocycles. The fourth-order valence-electron chi connectivity index (χ4n) is 2.39. The summed E-state index contributed by atoms with van der Waals surface area (Å²) in [6.07, 6.45) is 7.61. The maximum absolute atomic E-state index is 11.9. The average molecular weight is 251 g/mol. The zero-order valence-electron chi connectivity index (χ0n) is 11.0. The minimum absolute atomic E-state index is 0.0664. The molecule has 1 aromatic rings. The van der Waals surface area contributed by atoms with Crippen LogP contribution in [0.5, 0.6) is 0 Å². The molecule has 1 atom stereocenters. The van der Waals surface area contributed by atoms with Crippen molar-refractivity contribution in [1.29, 1.82) is 0 Å². The zero-order chi connectivity index (χ0) is 13.2. The molecular formula is C13H21N3O2. The zero-order valence-corrected chi connectivity index (χ0v) is 11.0. The highest BCUT2D eigenvalue weighted by molar-refractivity contribution is 5.78. The summed E-state index contributed by atoms with van der Waals surface area (Å²) in [4.78, 5) is 11.9. The van der Waals surface area contributed by atoms with Gasteiger partial charge in [0.1, 0.15) is 5.60 Å². The molecule has 1 unspecified atom stereocenters. The van der Waals surface area contributed by atoms with Gasteiger partial charge in [0.05, 0.1) is 12.7 Å². The van der Waals surface area contributed by atoms with Gasteiger partial charge in [-0.15, -0.1) is 0 Å². The Bertz CT molecular complexity index is 420. The van der Waals surface area contributed by atoms with Crippen molar-refractivity contribution >= 4 is 5.91 Å². The largest absolute Gasteiger partial charge is 0.383 e. The van der Waals surface area contributed by atoms with E-state index in [1.54, 1.807) is 31.0 Å². The van der Waals surface area contributed by atoms with E-state index in [1.165, 1.54) is 0 Å². The SMILES string of the molecule is Cn1cc(C(C)(O)CNC(=O)C2CCCC2)cn1. The summed E-state index contributed by atoms with van der Waals surface area (Å²) in [6, 6.07) is 0. The fourth-order valence-corrected chi connectivity index (χ4v) is 2.39. The maximum atomic E-state index is 11.9. The number of carbonyl (C=O) groups is 1. The van der Waals surface area contributed by atoms with Gasteiger partial charge in [-0.25, -0.2) is 0 Å². The molecule has 5 heteroatoms. The highest BCUT2D eigenvalue weighted by Gasteiger charge is 2.28. The van der Waals surface area contributed by atoms with E-state index in [2.05, 4.69) is 10.4 Å². The molecule has 1 heterocycles. The van der Waals surface area contributed by atoms with E-state index in [1.807, 2.05) is 0 Å². The number of carbonyl (C=O) groups excluding carboxylic acids is 1. The number of aromatic nitrogens is 2. The van der Waals surface area contributed by atoms with Crippen LogP contribution in [0.2, 0.25) is 0 Å². The molecule has 0 bridgehead atoms. The molecule has 1 aromatic heterocycles. The lowest BCUT2D eigenvalue weighted by Gasteiger charge is -2.23. The van der Waals surface area contributed by atoms with E-state index in [9.17, 15) is 9.90 Å². The molecule has 1 aliphatic rings. The minimum Gasteiger partial charge on any atom is -0.383 e. The molecule has 0 spiro atoms. The summed E-state index contributed by atoms with van der Waals surface area (Å²) in [5.41, 5.74) is -0.348. The topological polar surface area (TPSA) is 67.2 Å². The van der Waals surface area contributed by atoms with Crippen LogP contribution in [0.15, 0.2) is 12.4 Å². The first-order chi connectivity index (χ1) is 8.49. The molecule has 0 radical (unpaired) electrons. The molecule has 1 saturated carbocycles. The van der Waals surface area contributed by atoms with Crippen LogP contribution in [0.4, 0.5) is 0 Å². The predicted molar refractivity (Wildman–Crippen MR) is 67.7 cm³/mol. The third-order valence-electron chi connectivity index (χ3n) is 3.66. The van der Waals surface area contributed by atoms with Gasteiger partial charge in [0.15, 0.2) is 0 Å². The molecule has 0 aliphatic heterocycles. The third kappa shape index (κ3) is 2.90. The summed E-state index contributed by atoms with van der Waals surface area (Å²) in [6.45, 7) is 1.92. The normalized spacial score (nSPS) is 19.7. The van der Waals surface area contributed by atoms with E-state index in [4.69, 9.17) is 0 Å². The average Bonchev–Trinajstić information content (AvgIpc) is 2.96. The van der Waals surface area contributed by atoms with Crippen molar-refractivity contribution in [2.45, 2.75) is 38.2 Å². The number of nitrogens with one attached hydrogen (secondary N) is 1. The standard InChI is InChI=1S/C13H21N3O2/c1-13(18,11-7-15-16(2)8-11)9-14-12(17)10-5-3-4-6-10/h7-8,10,18H,3-6,9H2,1-2H3,(H,14,17). The van der Waals surface area contributed by atoms with Crippen LogP contribution in [0.25, 0.3) is 0 Å². The number of amides is 1. The summed E-state index contributed by atoms with van der Waals surface area (Å²) >= 11 is 0. The van der Waals surface area contributed by atoms with E-state index < -0.39 is 5.60 Å². The first kappa shape index (κ1) is 13.1. The lowest BCUT2D eigenvalue weighted by Crippen LogP contribution is -2.40. The molecule has 18 heavy (non-hydrogen) atoms. The Hall–Kier alpha value is -1.36. The maximum Gasteiger partial charge on any atom is 0.223 e. The van der Waals surface area contributed by atoms with Crippen LogP contribution in [0, 0.1) is 5.92 Å². The van der Waals surface area contributed by atoms with Gasteiger partial charge in [0, 0.05) is 24.7 Å². The Kier molecular flexibility index (Phi) is 3.71. The molecular weight excluding hydrogens is 230 g/mol. The number of hydrogen-bond donors (Lipinski definition) is 2. The summed E-state index contributed by atoms with van der Waals surface area (Å²) in [7, 11) is 1.80. The van der Waals surface area contributed by atoms with E-state index >= 15 is 0 Å². The molecule has 0 saturated heterocycles. The van der Waals surface area contributed by atoms with Crippen molar-refractivity contribution in [2.24, 2.45) is 13.0 Å². The highest BCUT2D eigenvalue weighted by Crippen LogP contribution is 2.25. The van der Waals surface area contributed by atoms with Gasteiger partial charge < -0.3 is 10.4 Å². The van der Waals surface area contributed by atoms with Gasteiger partial charge >= 0.3 is 0 Å². The Morgan fingerprint density at radius 3 is 2.83 bits per heavy atom. The first-order valence-electron chi connectivity index (χ1n) is 6.48.